The van der Waals surface area contributed by atoms with Gasteiger partial charge in [-0.2, -0.15) is 0 Å². The molecule has 1 aromatic rings. The zero-order chi connectivity index (χ0) is 15.2. The number of rotatable bonds is 5. The summed E-state index contributed by atoms with van der Waals surface area (Å²) in [6.07, 6.45) is 6.44. The highest BCUT2D eigenvalue weighted by Crippen LogP contribution is 2.22. The number of likely N-dealkylation sites (N-methyl/N-ethyl adjacent to an activating group) is 1. The van der Waals surface area contributed by atoms with Gasteiger partial charge in [0.05, 0.1) is 6.54 Å². The summed E-state index contributed by atoms with van der Waals surface area (Å²) in [4.78, 5) is 14.6. The van der Waals surface area contributed by atoms with Gasteiger partial charge in [-0.05, 0) is 56.5 Å². The number of aryl methyl sites for hydroxylation is 2. The molecule has 3 nitrogen and oxygen atoms in total. The summed E-state index contributed by atoms with van der Waals surface area (Å²) in [7, 11) is 0. The van der Waals surface area contributed by atoms with Gasteiger partial charge in [-0.25, -0.2) is 0 Å². The van der Waals surface area contributed by atoms with E-state index in [-0.39, 0.29) is 5.91 Å². The van der Waals surface area contributed by atoms with Crippen LogP contribution in [0.1, 0.15) is 50.2 Å². The van der Waals surface area contributed by atoms with Crippen LogP contribution in [0.25, 0.3) is 0 Å². The predicted octanol–water partition coefficient (Wildman–Crippen LogP) is 3.90. The summed E-state index contributed by atoms with van der Waals surface area (Å²) in [6, 6.07) is 6.68. The minimum absolute atomic E-state index is 0.102. The molecule has 1 aromatic carbocycles. The molecular formula is C18H28N2O. The summed E-state index contributed by atoms with van der Waals surface area (Å²) in [5.74, 6) is 0.102. The number of carbonyl (C=O) groups excluding carboxylic acids is 1. The van der Waals surface area contributed by atoms with Crippen molar-refractivity contribution < 1.29 is 4.79 Å². The van der Waals surface area contributed by atoms with Gasteiger partial charge in [0.25, 0.3) is 0 Å². The Hall–Kier alpha value is -1.35. The number of hydrogen-bond donors (Lipinski definition) is 1. The SMILES string of the molecule is CCN(CC(=O)Nc1ccc(C)c(C)c1)C1CCCCC1. The third kappa shape index (κ3) is 4.57. The van der Waals surface area contributed by atoms with Crippen molar-refractivity contribution in [3.05, 3.63) is 29.3 Å². The first-order chi connectivity index (χ1) is 10.1. The van der Waals surface area contributed by atoms with Crippen molar-refractivity contribution in [2.45, 2.75) is 58.9 Å². The van der Waals surface area contributed by atoms with Crippen LogP contribution in [0.2, 0.25) is 0 Å². The van der Waals surface area contributed by atoms with Crippen molar-refractivity contribution in [2.75, 3.05) is 18.4 Å². The van der Waals surface area contributed by atoms with Crippen molar-refractivity contribution in [3.8, 4) is 0 Å². The predicted molar refractivity (Wildman–Crippen MR) is 88.7 cm³/mol. The molecule has 0 aromatic heterocycles. The highest BCUT2D eigenvalue weighted by molar-refractivity contribution is 5.92. The summed E-state index contributed by atoms with van der Waals surface area (Å²) in [5.41, 5.74) is 3.38. The molecule has 1 saturated carbocycles. The number of nitrogens with one attached hydrogen (secondary N) is 1. The van der Waals surface area contributed by atoms with Gasteiger partial charge in [-0.3, -0.25) is 9.69 Å². The van der Waals surface area contributed by atoms with Crippen LogP contribution < -0.4 is 5.32 Å². The topological polar surface area (TPSA) is 32.3 Å². The lowest BCUT2D eigenvalue weighted by atomic mass is 9.94. The van der Waals surface area contributed by atoms with Crippen LogP contribution in [-0.4, -0.2) is 29.9 Å². The molecule has 116 valence electrons. The number of carbonyl (C=O) groups is 1. The van der Waals surface area contributed by atoms with Crippen molar-refractivity contribution in [3.63, 3.8) is 0 Å². The zero-order valence-corrected chi connectivity index (χ0v) is 13.6. The lowest BCUT2D eigenvalue weighted by molar-refractivity contribution is -0.118. The molecule has 0 saturated heterocycles. The first-order valence-electron chi connectivity index (χ1n) is 8.21. The Balaban J connectivity index is 1.91. The molecule has 3 heteroatoms. The molecule has 1 aliphatic rings. The Bertz CT molecular complexity index is 478. The summed E-state index contributed by atoms with van der Waals surface area (Å²) in [5, 5.41) is 3.03. The molecule has 2 rings (SSSR count). The van der Waals surface area contributed by atoms with E-state index in [9.17, 15) is 4.79 Å². The monoisotopic (exact) mass is 288 g/mol. The lowest BCUT2D eigenvalue weighted by Crippen LogP contribution is -2.41. The maximum atomic E-state index is 12.3. The van der Waals surface area contributed by atoms with Crippen LogP contribution in [0.4, 0.5) is 5.69 Å². The minimum Gasteiger partial charge on any atom is -0.325 e. The molecule has 0 heterocycles. The Morgan fingerprint density at radius 1 is 1.19 bits per heavy atom. The smallest absolute Gasteiger partial charge is 0.238 e. The quantitative estimate of drug-likeness (QED) is 0.891. The maximum Gasteiger partial charge on any atom is 0.238 e. The fraction of sp³-hybridized carbons (Fsp3) is 0.611. The molecule has 0 bridgehead atoms. The van der Waals surface area contributed by atoms with Gasteiger partial charge < -0.3 is 5.32 Å². The molecule has 1 N–H and O–H groups in total. The molecule has 0 atom stereocenters. The van der Waals surface area contributed by atoms with Crippen LogP contribution in [0.3, 0.4) is 0 Å². The van der Waals surface area contributed by atoms with Crippen molar-refractivity contribution in [1.82, 2.24) is 4.90 Å². The summed E-state index contributed by atoms with van der Waals surface area (Å²) >= 11 is 0. The van der Waals surface area contributed by atoms with E-state index < -0.39 is 0 Å². The van der Waals surface area contributed by atoms with E-state index in [0.29, 0.717) is 12.6 Å². The molecule has 0 spiro atoms. The molecule has 0 unspecified atom stereocenters. The molecule has 0 radical (unpaired) electrons. The second-order valence-electron chi connectivity index (χ2n) is 6.20. The third-order valence-corrected chi connectivity index (χ3v) is 4.63. The van der Waals surface area contributed by atoms with E-state index in [2.05, 4.69) is 37.1 Å². The van der Waals surface area contributed by atoms with Crippen LogP contribution in [0, 0.1) is 13.8 Å². The van der Waals surface area contributed by atoms with Crippen molar-refractivity contribution in [1.29, 1.82) is 0 Å². The van der Waals surface area contributed by atoms with E-state index >= 15 is 0 Å². The molecule has 21 heavy (non-hydrogen) atoms. The number of anilines is 1. The Labute approximate surface area is 128 Å². The summed E-state index contributed by atoms with van der Waals surface area (Å²) in [6.45, 7) is 7.77. The number of amides is 1. The van der Waals surface area contributed by atoms with E-state index in [0.717, 1.165) is 12.2 Å². The number of nitrogens with zero attached hydrogens (tertiary/aromatic N) is 1. The molecule has 1 aliphatic carbocycles. The van der Waals surface area contributed by atoms with Gasteiger partial charge in [0.15, 0.2) is 0 Å². The fourth-order valence-corrected chi connectivity index (χ4v) is 3.15. The van der Waals surface area contributed by atoms with Gasteiger partial charge in [0.2, 0.25) is 5.91 Å². The van der Waals surface area contributed by atoms with E-state index in [4.69, 9.17) is 0 Å². The molecule has 1 fully saturated rings. The second kappa shape index (κ2) is 7.60. The van der Waals surface area contributed by atoms with Crippen molar-refractivity contribution in [2.24, 2.45) is 0 Å². The van der Waals surface area contributed by atoms with E-state index in [1.54, 1.807) is 0 Å². The number of benzene rings is 1. The zero-order valence-electron chi connectivity index (χ0n) is 13.6. The molecular weight excluding hydrogens is 260 g/mol. The van der Waals surface area contributed by atoms with E-state index in [1.165, 1.54) is 43.2 Å². The maximum absolute atomic E-state index is 12.3. The molecule has 1 amide bonds. The van der Waals surface area contributed by atoms with Crippen LogP contribution in [0.15, 0.2) is 18.2 Å². The summed E-state index contributed by atoms with van der Waals surface area (Å²) < 4.78 is 0. The normalized spacial score (nSPS) is 16.2. The first-order valence-corrected chi connectivity index (χ1v) is 8.21. The largest absolute Gasteiger partial charge is 0.325 e. The second-order valence-corrected chi connectivity index (χ2v) is 6.20. The number of hydrogen-bond acceptors (Lipinski definition) is 2. The lowest BCUT2D eigenvalue weighted by Gasteiger charge is -2.32. The van der Waals surface area contributed by atoms with Gasteiger partial charge in [0.1, 0.15) is 0 Å². The van der Waals surface area contributed by atoms with Crippen molar-refractivity contribution >= 4 is 11.6 Å². The average Bonchev–Trinajstić information content (AvgIpc) is 2.49. The Kier molecular flexibility index (Phi) is 5.80. The Morgan fingerprint density at radius 3 is 2.52 bits per heavy atom. The van der Waals surface area contributed by atoms with Crippen LogP contribution >= 0.6 is 0 Å². The van der Waals surface area contributed by atoms with E-state index in [1.807, 2.05) is 12.1 Å². The van der Waals surface area contributed by atoms with Gasteiger partial charge >= 0.3 is 0 Å². The van der Waals surface area contributed by atoms with Gasteiger partial charge in [-0.1, -0.05) is 32.3 Å². The van der Waals surface area contributed by atoms with Crippen LogP contribution in [-0.2, 0) is 4.79 Å². The average molecular weight is 288 g/mol. The van der Waals surface area contributed by atoms with Gasteiger partial charge in [-0.15, -0.1) is 0 Å². The minimum atomic E-state index is 0.102. The third-order valence-electron chi connectivity index (χ3n) is 4.63. The fourth-order valence-electron chi connectivity index (χ4n) is 3.15. The molecule has 0 aliphatic heterocycles. The standard InChI is InChI=1S/C18H28N2O/c1-4-20(17-8-6-5-7-9-17)13-18(21)19-16-11-10-14(2)15(3)12-16/h10-12,17H,4-9,13H2,1-3H3,(H,19,21). The highest BCUT2D eigenvalue weighted by atomic mass is 16.2. The van der Waals surface area contributed by atoms with Gasteiger partial charge in [0, 0.05) is 11.7 Å². The highest BCUT2D eigenvalue weighted by Gasteiger charge is 2.21. The Morgan fingerprint density at radius 2 is 1.90 bits per heavy atom. The first kappa shape index (κ1) is 16.0. The van der Waals surface area contributed by atoms with Crippen LogP contribution in [0.5, 0.6) is 0 Å².